The second-order valence-corrected chi connectivity index (χ2v) is 4.47. The first-order valence-corrected chi connectivity index (χ1v) is 6.02. The fourth-order valence-corrected chi connectivity index (χ4v) is 2.20. The van der Waals surface area contributed by atoms with E-state index in [4.69, 9.17) is 22.1 Å². The van der Waals surface area contributed by atoms with Crippen molar-refractivity contribution < 1.29 is 9.53 Å². The normalized spacial score (nSPS) is 19.9. The van der Waals surface area contributed by atoms with Gasteiger partial charge in [0.2, 0.25) is 0 Å². The fourth-order valence-electron chi connectivity index (χ4n) is 1.94. The number of primary amides is 1. The number of hydrogen-bond donors (Lipinski definition) is 2. The van der Waals surface area contributed by atoms with Gasteiger partial charge in [-0.3, -0.25) is 4.79 Å². The van der Waals surface area contributed by atoms with Crippen molar-refractivity contribution >= 4 is 17.5 Å². The van der Waals surface area contributed by atoms with Crippen LogP contribution in [0.15, 0.2) is 18.2 Å². The summed E-state index contributed by atoms with van der Waals surface area (Å²) in [5.74, 6) is -0.0898. The average molecular weight is 255 g/mol. The summed E-state index contributed by atoms with van der Waals surface area (Å²) in [5, 5.41) is 3.58. The summed E-state index contributed by atoms with van der Waals surface area (Å²) in [5.41, 5.74) is 5.57. The third-order valence-corrected chi connectivity index (χ3v) is 3.08. The lowest BCUT2D eigenvalue weighted by Crippen LogP contribution is -2.37. The molecule has 4 nitrogen and oxygen atoms in total. The predicted molar refractivity (Wildman–Crippen MR) is 66.5 cm³/mol. The second kappa shape index (κ2) is 5.38. The topological polar surface area (TPSA) is 64.4 Å². The van der Waals surface area contributed by atoms with Crippen LogP contribution >= 0.6 is 11.6 Å². The maximum absolute atomic E-state index is 11.3. The summed E-state index contributed by atoms with van der Waals surface area (Å²) in [6, 6.07) is 5.11. The summed E-state index contributed by atoms with van der Waals surface area (Å²) >= 11 is 5.95. The van der Waals surface area contributed by atoms with Crippen molar-refractivity contribution in [2.24, 2.45) is 5.73 Å². The number of carbonyl (C=O) groups excluding carboxylic acids is 1. The molecule has 0 aromatic heterocycles. The Morgan fingerprint density at radius 1 is 1.53 bits per heavy atom. The van der Waals surface area contributed by atoms with Gasteiger partial charge in [-0.2, -0.15) is 0 Å². The number of hydrogen-bond acceptors (Lipinski definition) is 3. The Morgan fingerprint density at radius 2 is 2.35 bits per heavy atom. The number of piperidine rings is 1. The zero-order chi connectivity index (χ0) is 12.3. The molecule has 1 aromatic rings. The molecule has 0 spiro atoms. The highest BCUT2D eigenvalue weighted by Gasteiger charge is 2.19. The first-order chi connectivity index (χ1) is 8.18. The molecule has 1 unspecified atom stereocenters. The van der Waals surface area contributed by atoms with E-state index in [9.17, 15) is 4.79 Å². The lowest BCUT2D eigenvalue weighted by molar-refractivity contribution is 0.0990. The summed E-state index contributed by atoms with van der Waals surface area (Å²) in [6.07, 6.45) is 2.11. The van der Waals surface area contributed by atoms with Crippen LogP contribution < -0.4 is 15.8 Å². The number of benzene rings is 1. The van der Waals surface area contributed by atoms with Gasteiger partial charge in [0.05, 0.1) is 10.6 Å². The van der Waals surface area contributed by atoms with Crippen LogP contribution in [0.1, 0.15) is 23.2 Å². The predicted octanol–water partition coefficient (Wildman–Crippen LogP) is 1.57. The molecule has 92 valence electrons. The van der Waals surface area contributed by atoms with Gasteiger partial charge in [-0.05, 0) is 31.5 Å². The molecule has 1 aliphatic rings. The average Bonchev–Trinajstić information content (AvgIpc) is 2.30. The highest BCUT2D eigenvalue weighted by Crippen LogP contribution is 2.27. The maximum Gasteiger partial charge on any atom is 0.253 e. The fraction of sp³-hybridized carbons (Fsp3) is 0.417. The zero-order valence-electron chi connectivity index (χ0n) is 9.41. The van der Waals surface area contributed by atoms with Gasteiger partial charge in [0, 0.05) is 6.54 Å². The lowest BCUT2D eigenvalue weighted by atomic mass is 10.1. The van der Waals surface area contributed by atoms with E-state index in [1.807, 2.05) is 0 Å². The minimum atomic E-state index is -0.561. The molecule has 17 heavy (non-hydrogen) atoms. The van der Waals surface area contributed by atoms with E-state index < -0.39 is 5.91 Å². The van der Waals surface area contributed by atoms with E-state index in [-0.39, 0.29) is 11.7 Å². The summed E-state index contributed by atoms with van der Waals surface area (Å²) < 4.78 is 5.78. The van der Waals surface area contributed by atoms with E-state index >= 15 is 0 Å². The van der Waals surface area contributed by atoms with Crippen LogP contribution in [0.4, 0.5) is 0 Å². The number of rotatable bonds is 3. The molecule has 5 heteroatoms. The van der Waals surface area contributed by atoms with Gasteiger partial charge in [0.1, 0.15) is 11.9 Å². The van der Waals surface area contributed by atoms with Gasteiger partial charge >= 0.3 is 0 Å². The standard InChI is InChI=1S/C12H15ClN2O2/c13-9-4-1-5-10(11(9)12(14)16)17-8-3-2-6-15-7-8/h1,4-5,8,15H,2-3,6-7H2,(H2,14,16). The van der Waals surface area contributed by atoms with E-state index in [1.165, 1.54) is 0 Å². The molecule has 1 atom stereocenters. The molecule has 1 amide bonds. The van der Waals surface area contributed by atoms with Gasteiger partial charge in [-0.25, -0.2) is 0 Å². The van der Waals surface area contributed by atoms with E-state index in [0.717, 1.165) is 25.9 Å². The molecule has 1 aromatic carbocycles. The lowest BCUT2D eigenvalue weighted by Gasteiger charge is -2.24. The van der Waals surface area contributed by atoms with Crippen LogP contribution in [0.2, 0.25) is 5.02 Å². The smallest absolute Gasteiger partial charge is 0.253 e. The zero-order valence-corrected chi connectivity index (χ0v) is 10.2. The van der Waals surface area contributed by atoms with Gasteiger partial charge in [-0.1, -0.05) is 17.7 Å². The Kier molecular flexibility index (Phi) is 3.86. The number of carbonyl (C=O) groups is 1. The highest BCUT2D eigenvalue weighted by molar-refractivity contribution is 6.34. The molecule has 0 bridgehead atoms. The molecule has 0 aliphatic carbocycles. The molecule has 0 saturated carbocycles. The van der Waals surface area contributed by atoms with E-state index in [2.05, 4.69) is 5.32 Å². The number of amides is 1. The van der Waals surface area contributed by atoms with Crippen molar-refractivity contribution in [3.05, 3.63) is 28.8 Å². The monoisotopic (exact) mass is 254 g/mol. The summed E-state index contributed by atoms with van der Waals surface area (Å²) in [7, 11) is 0. The van der Waals surface area contributed by atoms with Crippen LogP contribution in [0.25, 0.3) is 0 Å². The number of nitrogens with one attached hydrogen (secondary N) is 1. The van der Waals surface area contributed by atoms with Crippen molar-refractivity contribution in [3.8, 4) is 5.75 Å². The molecule has 0 radical (unpaired) electrons. The molecular weight excluding hydrogens is 240 g/mol. The number of halogens is 1. The quantitative estimate of drug-likeness (QED) is 0.861. The molecule has 2 rings (SSSR count). The Hall–Kier alpha value is -1.26. The maximum atomic E-state index is 11.3. The largest absolute Gasteiger partial charge is 0.488 e. The van der Waals surface area contributed by atoms with Crippen molar-refractivity contribution in [1.82, 2.24) is 5.32 Å². The molecule has 1 fully saturated rings. The van der Waals surface area contributed by atoms with Crippen LogP contribution in [-0.4, -0.2) is 25.1 Å². The van der Waals surface area contributed by atoms with Crippen LogP contribution in [0, 0.1) is 0 Å². The highest BCUT2D eigenvalue weighted by atomic mass is 35.5. The number of nitrogens with two attached hydrogens (primary N) is 1. The Bertz CT molecular complexity index is 417. The minimum absolute atomic E-state index is 0.0697. The third kappa shape index (κ3) is 2.90. The van der Waals surface area contributed by atoms with Crippen molar-refractivity contribution in [2.45, 2.75) is 18.9 Å². The summed E-state index contributed by atoms with van der Waals surface area (Å²) in [4.78, 5) is 11.3. The molecule has 1 heterocycles. The number of ether oxygens (including phenoxy) is 1. The summed E-state index contributed by atoms with van der Waals surface area (Å²) in [6.45, 7) is 1.79. The SMILES string of the molecule is NC(=O)c1c(Cl)cccc1OC1CCCNC1. The third-order valence-electron chi connectivity index (χ3n) is 2.77. The second-order valence-electron chi connectivity index (χ2n) is 4.06. The molecule has 1 saturated heterocycles. The molecule has 1 aliphatic heterocycles. The first kappa shape index (κ1) is 12.2. The van der Waals surface area contributed by atoms with Crippen molar-refractivity contribution in [2.75, 3.05) is 13.1 Å². The Balaban J connectivity index is 2.19. The van der Waals surface area contributed by atoms with Gasteiger partial charge in [-0.15, -0.1) is 0 Å². The van der Waals surface area contributed by atoms with Gasteiger partial charge in [0.15, 0.2) is 0 Å². The van der Waals surface area contributed by atoms with Crippen molar-refractivity contribution in [1.29, 1.82) is 0 Å². The van der Waals surface area contributed by atoms with Crippen LogP contribution in [0.3, 0.4) is 0 Å². The van der Waals surface area contributed by atoms with Gasteiger partial charge in [0.25, 0.3) is 5.91 Å². The Morgan fingerprint density at radius 3 is 3.00 bits per heavy atom. The molecule has 3 N–H and O–H groups in total. The van der Waals surface area contributed by atoms with Gasteiger partial charge < -0.3 is 15.8 Å². The van der Waals surface area contributed by atoms with E-state index in [0.29, 0.717) is 10.8 Å². The van der Waals surface area contributed by atoms with Crippen LogP contribution in [0.5, 0.6) is 5.75 Å². The van der Waals surface area contributed by atoms with Crippen molar-refractivity contribution in [3.63, 3.8) is 0 Å². The molecular formula is C12H15ClN2O2. The first-order valence-electron chi connectivity index (χ1n) is 5.64. The van der Waals surface area contributed by atoms with Crippen LogP contribution in [-0.2, 0) is 0 Å². The Labute approximate surface area is 105 Å². The van der Waals surface area contributed by atoms with E-state index in [1.54, 1.807) is 18.2 Å². The minimum Gasteiger partial charge on any atom is -0.488 e.